The monoisotopic (exact) mass is 295 g/mol. The molecular formula is C15H21NO5. The van der Waals surface area contributed by atoms with Crippen LogP contribution in [0.25, 0.3) is 0 Å². The first kappa shape index (κ1) is 15.6. The van der Waals surface area contributed by atoms with Crippen LogP contribution in [0.3, 0.4) is 0 Å². The third-order valence-corrected chi connectivity index (χ3v) is 5.07. The van der Waals surface area contributed by atoms with E-state index in [1.54, 1.807) is 19.1 Å². The van der Waals surface area contributed by atoms with Crippen LogP contribution in [0, 0.1) is 5.41 Å². The Bertz CT molecular complexity index is 576. The number of nitrogens with zero attached hydrogens (tertiary/aromatic N) is 1. The summed E-state index contributed by atoms with van der Waals surface area (Å²) in [7, 11) is 3.37. The standard InChI is InChI=1S/C15H21NO5/c1-14(2)11(7-15(14,3)20-5)16(4)12(17)10-6-9(8-21-10)13(18)19/h6,8,11H,7H2,1-5H3,(H,18,19). The molecule has 1 amide bonds. The summed E-state index contributed by atoms with van der Waals surface area (Å²) in [6.45, 7) is 6.13. The smallest absolute Gasteiger partial charge is 0.338 e. The maximum Gasteiger partial charge on any atom is 0.338 e. The number of rotatable bonds is 4. The molecule has 2 rings (SSSR count). The van der Waals surface area contributed by atoms with Crippen molar-refractivity contribution in [1.82, 2.24) is 4.90 Å². The van der Waals surface area contributed by atoms with Crippen LogP contribution < -0.4 is 0 Å². The number of carboxylic acids is 1. The molecule has 0 aromatic carbocycles. The van der Waals surface area contributed by atoms with Crippen LogP contribution in [0.1, 0.15) is 48.1 Å². The fourth-order valence-corrected chi connectivity index (χ4v) is 2.95. The molecule has 1 aliphatic rings. The molecule has 6 nitrogen and oxygen atoms in total. The van der Waals surface area contributed by atoms with Gasteiger partial charge in [-0.3, -0.25) is 4.79 Å². The van der Waals surface area contributed by atoms with Gasteiger partial charge in [-0.1, -0.05) is 13.8 Å². The Morgan fingerprint density at radius 1 is 1.43 bits per heavy atom. The van der Waals surface area contributed by atoms with E-state index in [4.69, 9.17) is 14.3 Å². The van der Waals surface area contributed by atoms with Gasteiger partial charge >= 0.3 is 5.97 Å². The maximum atomic E-state index is 12.4. The predicted molar refractivity (Wildman–Crippen MR) is 75.4 cm³/mol. The molecule has 1 heterocycles. The summed E-state index contributed by atoms with van der Waals surface area (Å²) in [5.41, 5.74) is -0.503. The van der Waals surface area contributed by atoms with Crippen molar-refractivity contribution in [3.63, 3.8) is 0 Å². The Morgan fingerprint density at radius 3 is 2.48 bits per heavy atom. The van der Waals surface area contributed by atoms with Crippen molar-refractivity contribution >= 4 is 11.9 Å². The lowest BCUT2D eigenvalue weighted by Crippen LogP contribution is -2.68. The lowest BCUT2D eigenvalue weighted by Gasteiger charge is -2.61. The molecule has 21 heavy (non-hydrogen) atoms. The molecule has 0 bridgehead atoms. The van der Waals surface area contributed by atoms with E-state index in [1.165, 1.54) is 6.07 Å². The molecule has 0 radical (unpaired) electrons. The second-order valence-corrected chi connectivity index (χ2v) is 6.30. The highest BCUT2D eigenvalue weighted by atomic mass is 16.5. The first-order valence-electron chi connectivity index (χ1n) is 6.78. The number of ether oxygens (including phenoxy) is 1. The summed E-state index contributed by atoms with van der Waals surface area (Å²) >= 11 is 0. The van der Waals surface area contributed by atoms with Crippen molar-refractivity contribution in [1.29, 1.82) is 0 Å². The third-order valence-electron chi connectivity index (χ3n) is 5.07. The highest BCUT2D eigenvalue weighted by molar-refractivity contribution is 5.95. The first-order valence-corrected chi connectivity index (χ1v) is 6.78. The van der Waals surface area contributed by atoms with Gasteiger partial charge in [-0.25, -0.2) is 4.79 Å². The first-order chi connectivity index (χ1) is 9.64. The molecular weight excluding hydrogens is 274 g/mol. The van der Waals surface area contributed by atoms with E-state index in [-0.39, 0.29) is 34.3 Å². The molecule has 2 atom stereocenters. The zero-order valence-corrected chi connectivity index (χ0v) is 13.0. The van der Waals surface area contributed by atoms with Gasteiger partial charge in [0.25, 0.3) is 5.91 Å². The van der Waals surface area contributed by atoms with E-state index in [2.05, 4.69) is 13.8 Å². The molecule has 1 saturated carbocycles. The van der Waals surface area contributed by atoms with E-state index >= 15 is 0 Å². The van der Waals surface area contributed by atoms with Gasteiger partial charge in [0.2, 0.25) is 0 Å². The second-order valence-electron chi connectivity index (χ2n) is 6.30. The number of furan rings is 1. The SMILES string of the molecule is COC1(C)CC(N(C)C(=O)c2cc(C(=O)O)co2)C1(C)C. The molecule has 0 saturated heterocycles. The van der Waals surface area contributed by atoms with Crippen LogP contribution >= 0.6 is 0 Å². The number of hydrogen-bond acceptors (Lipinski definition) is 4. The number of hydrogen-bond donors (Lipinski definition) is 1. The molecule has 116 valence electrons. The summed E-state index contributed by atoms with van der Waals surface area (Å²) < 4.78 is 10.6. The zero-order valence-electron chi connectivity index (χ0n) is 13.0. The van der Waals surface area contributed by atoms with Crippen LogP contribution in [-0.2, 0) is 4.74 Å². The quantitative estimate of drug-likeness (QED) is 0.921. The molecule has 1 aliphatic carbocycles. The molecule has 6 heteroatoms. The summed E-state index contributed by atoms with van der Waals surface area (Å²) in [6, 6.07) is 1.26. The molecule has 2 unspecified atom stereocenters. The highest BCUT2D eigenvalue weighted by Crippen LogP contribution is 2.53. The number of aromatic carboxylic acids is 1. The second kappa shape index (κ2) is 4.87. The fraction of sp³-hybridized carbons (Fsp3) is 0.600. The molecule has 0 aliphatic heterocycles. The van der Waals surface area contributed by atoms with E-state index in [1.807, 2.05) is 6.92 Å². The van der Waals surface area contributed by atoms with Crippen molar-refractivity contribution in [2.45, 2.75) is 38.8 Å². The molecule has 1 fully saturated rings. The minimum absolute atomic E-state index is 0.00771. The summed E-state index contributed by atoms with van der Waals surface area (Å²) in [5.74, 6) is -1.40. The Hall–Kier alpha value is -1.82. The molecule has 1 N–H and O–H groups in total. The zero-order chi connectivity index (χ0) is 16.0. The number of methoxy groups -OCH3 is 1. The van der Waals surface area contributed by atoms with E-state index < -0.39 is 5.97 Å². The van der Waals surface area contributed by atoms with Gasteiger partial charge in [-0.15, -0.1) is 0 Å². The van der Waals surface area contributed by atoms with Gasteiger partial charge in [0, 0.05) is 31.7 Å². The number of carbonyl (C=O) groups is 2. The van der Waals surface area contributed by atoms with Crippen molar-refractivity contribution < 1.29 is 23.8 Å². The van der Waals surface area contributed by atoms with Gasteiger partial charge in [0.15, 0.2) is 5.76 Å². The molecule has 0 spiro atoms. The van der Waals surface area contributed by atoms with E-state index in [0.29, 0.717) is 0 Å². The molecule has 1 aromatic heterocycles. The van der Waals surface area contributed by atoms with Gasteiger partial charge in [0.1, 0.15) is 6.26 Å². The average molecular weight is 295 g/mol. The van der Waals surface area contributed by atoms with Gasteiger partial charge in [0.05, 0.1) is 11.2 Å². The lowest BCUT2D eigenvalue weighted by molar-refractivity contribution is -0.198. The minimum Gasteiger partial charge on any atom is -0.478 e. The van der Waals surface area contributed by atoms with Crippen LogP contribution in [0.15, 0.2) is 16.7 Å². The third kappa shape index (κ3) is 2.23. The minimum atomic E-state index is -1.11. The Labute approximate surface area is 123 Å². The largest absolute Gasteiger partial charge is 0.478 e. The van der Waals surface area contributed by atoms with E-state index in [0.717, 1.165) is 12.7 Å². The number of carboxylic acid groups (broad SMARTS) is 1. The van der Waals surface area contributed by atoms with Gasteiger partial charge in [-0.2, -0.15) is 0 Å². The van der Waals surface area contributed by atoms with Crippen molar-refractivity contribution in [3.8, 4) is 0 Å². The lowest BCUT2D eigenvalue weighted by atomic mass is 9.55. The average Bonchev–Trinajstić information content (AvgIpc) is 2.92. The van der Waals surface area contributed by atoms with Crippen LogP contribution in [0.4, 0.5) is 0 Å². The number of amides is 1. The Balaban J connectivity index is 2.15. The summed E-state index contributed by atoms with van der Waals surface area (Å²) in [4.78, 5) is 24.8. The van der Waals surface area contributed by atoms with Crippen LogP contribution in [-0.4, -0.2) is 47.7 Å². The van der Waals surface area contributed by atoms with Crippen LogP contribution in [0.5, 0.6) is 0 Å². The van der Waals surface area contributed by atoms with Gasteiger partial charge < -0.3 is 19.2 Å². The van der Waals surface area contributed by atoms with Crippen LogP contribution in [0.2, 0.25) is 0 Å². The van der Waals surface area contributed by atoms with Crippen molar-refractivity contribution in [2.75, 3.05) is 14.2 Å². The van der Waals surface area contributed by atoms with Crippen molar-refractivity contribution in [3.05, 3.63) is 23.7 Å². The topological polar surface area (TPSA) is 80.0 Å². The van der Waals surface area contributed by atoms with Crippen molar-refractivity contribution in [2.24, 2.45) is 5.41 Å². The predicted octanol–water partition coefficient (Wildman–Crippen LogP) is 2.25. The summed E-state index contributed by atoms with van der Waals surface area (Å²) in [5, 5.41) is 8.87. The van der Waals surface area contributed by atoms with Gasteiger partial charge in [-0.05, 0) is 13.3 Å². The maximum absolute atomic E-state index is 12.4. The Morgan fingerprint density at radius 2 is 2.05 bits per heavy atom. The summed E-state index contributed by atoms with van der Waals surface area (Å²) in [6.07, 6.45) is 1.81. The normalized spacial score (nSPS) is 27.0. The Kier molecular flexibility index (Phi) is 3.61. The fourth-order valence-electron chi connectivity index (χ4n) is 2.95. The highest BCUT2D eigenvalue weighted by Gasteiger charge is 2.60. The molecule has 1 aromatic rings. The van der Waals surface area contributed by atoms with E-state index in [9.17, 15) is 9.59 Å². The number of carbonyl (C=O) groups excluding carboxylic acids is 1.